The van der Waals surface area contributed by atoms with Crippen LogP contribution in [0.15, 0.2) is 67.1 Å². The predicted molar refractivity (Wildman–Crippen MR) is 138 cm³/mol. The lowest BCUT2D eigenvalue weighted by Crippen LogP contribution is -2.26. The fourth-order valence-electron chi connectivity index (χ4n) is 4.62. The molecule has 8 heteroatoms. The molecule has 0 fully saturated rings. The maximum absolute atomic E-state index is 12.9. The van der Waals surface area contributed by atoms with Gasteiger partial charge in [-0.2, -0.15) is 0 Å². The van der Waals surface area contributed by atoms with Crippen molar-refractivity contribution < 1.29 is 14.3 Å². The van der Waals surface area contributed by atoms with Crippen molar-refractivity contribution in [2.24, 2.45) is 0 Å². The number of esters is 1. The molecule has 0 saturated heterocycles. The van der Waals surface area contributed by atoms with Gasteiger partial charge in [0.25, 0.3) is 0 Å². The fraction of sp³-hybridized carbons (Fsp3) is 0.214. The number of imidazole rings is 1. The number of aryl methyl sites for hydroxylation is 1. The lowest BCUT2D eigenvalue weighted by Gasteiger charge is -2.11. The van der Waals surface area contributed by atoms with E-state index < -0.39 is 5.97 Å². The van der Waals surface area contributed by atoms with Crippen LogP contribution >= 0.6 is 0 Å². The van der Waals surface area contributed by atoms with E-state index in [0.29, 0.717) is 24.0 Å². The molecular formula is C28H27N5O3. The van der Waals surface area contributed by atoms with Crippen molar-refractivity contribution in [2.75, 3.05) is 21.2 Å². The lowest BCUT2D eigenvalue weighted by atomic mass is 10.00. The van der Waals surface area contributed by atoms with Crippen LogP contribution in [0.4, 0.5) is 4.79 Å². The molecule has 5 aromatic rings. The molecule has 0 aliphatic carbocycles. The number of pyridine rings is 1. The molecule has 3 heterocycles. The van der Waals surface area contributed by atoms with Gasteiger partial charge in [-0.3, -0.25) is 9.55 Å². The number of methoxy groups -OCH3 is 1. The molecule has 182 valence electrons. The Morgan fingerprint density at radius 2 is 1.75 bits per heavy atom. The van der Waals surface area contributed by atoms with Crippen molar-refractivity contribution in [2.45, 2.75) is 19.9 Å². The van der Waals surface area contributed by atoms with E-state index >= 15 is 0 Å². The summed E-state index contributed by atoms with van der Waals surface area (Å²) in [4.78, 5) is 35.7. The first-order chi connectivity index (χ1) is 17.4. The van der Waals surface area contributed by atoms with Gasteiger partial charge in [0, 0.05) is 38.4 Å². The van der Waals surface area contributed by atoms with Crippen LogP contribution in [-0.4, -0.2) is 57.2 Å². The van der Waals surface area contributed by atoms with E-state index in [1.165, 1.54) is 12.0 Å². The van der Waals surface area contributed by atoms with Crippen molar-refractivity contribution in [3.05, 3.63) is 95.2 Å². The number of ether oxygens (including phenoxy) is 1. The van der Waals surface area contributed by atoms with E-state index in [0.717, 1.165) is 38.9 Å². The number of benzene rings is 2. The van der Waals surface area contributed by atoms with Gasteiger partial charge in [0.1, 0.15) is 11.3 Å². The fourth-order valence-corrected chi connectivity index (χ4v) is 4.62. The molecule has 0 aliphatic heterocycles. The van der Waals surface area contributed by atoms with Crippen LogP contribution in [0.2, 0.25) is 0 Å². The largest absolute Gasteiger partial charge is 0.465 e. The number of rotatable bonds is 5. The number of hydrogen-bond donors (Lipinski definition) is 0. The van der Waals surface area contributed by atoms with Crippen molar-refractivity contribution in [3.63, 3.8) is 0 Å². The lowest BCUT2D eigenvalue weighted by molar-refractivity contribution is 0.0603. The Morgan fingerprint density at radius 1 is 1.00 bits per heavy atom. The summed E-state index contributed by atoms with van der Waals surface area (Å²) in [7, 11) is 4.78. The highest BCUT2D eigenvalue weighted by Crippen LogP contribution is 2.29. The van der Waals surface area contributed by atoms with Gasteiger partial charge in [0.2, 0.25) is 0 Å². The number of carbonyl (C=O) groups is 2. The smallest absolute Gasteiger partial charge is 0.338 e. The maximum atomic E-state index is 12.9. The first kappa shape index (κ1) is 23.3. The third kappa shape index (κ3) is 4.11. The molecule has 0 aliphatic rings. The second-order valence-electron chi connectivity index (χ2n) is 9.00. The third-order valence-corrected chi connectivity index (χ3v) is 6.40. The average Bonchev–Trinajstić information content (AvgIpc) is 3.41. The Kier molecular flexibility index (Phi) is 6.01. The Hall–Kier alpha value is -4.46. The van der Waals surface area contributed by atoms with Crippen LogP contribution in [0.3, 0.4) is 0 Å². The van der Waals surface area contributed by atoms with E-state index in [-0.39, 0.29) is 6.03 Å². The van der Waals surface area contributed by atoms with E-state index in [1.54, 1.807) is 43.2 Å². The number of nitrogens with zero attached hydrogens (tertiary/aromatic N) is 5. The zero-order valence-electron chi connectivity index (χ0n) is 20.7. The highest BCUT2D eigenvalue weighted by atomic mass is 16.5. The Bertz CT molecular complexity index is 1600. The number of carbonyl (C=O) groups excluding carboxylic acids is 2. The second-order valence-corrected chi connectivity index (χ2v) is 9.00. The Morgan fingerprint density at radius 3 is 2.47 bits per heavy atom. The van der Waals surface area contributed by atoms with Gasteiger partial charge in [0.15, 0.2) is 0 Å². The van der Waals surface area contributed by atoms with E-state index in [9.17, 15) is 9.59 Å². The normalized spacial score (nSPS) is 11.2. The molecule has 0 N–H and O–H groups in total. The summed E-state index contributed by atoms with van der Waals surface area (Å²) in [5.41, 5.74) is 6.18. The molecular weight excluding hydrogens is 454 g/mol. The SMILES string of the molecule is COC(=O)c1cccc2c1c(Cc1ccc(Cn3c(C)nc4cnccc43)cc1)cn2C(=O)N(C)C. The molecule has 0 unspecified atom stereocenters. The quantitative estimate of drug-likeness (QED) is 0.341. The number of fused-ring (bicyclic) bond motifs is 2. The highest BCUT2D eigenvalue weighted by molar-refractivity contribution is 6.07. The molecule has 36 heavy (non-hydrogen) atoms. The molecule has 3 aromatic heterocycles. The zero-order valence-corrected chi connectivity index (χ0v) is 20.7. The highest BCUT2D eigenvalue weighted by Gasteiger charge is 2.21. The molecule has 0 saturated carbocycles. The number of hydrogen-bond acceptors (Lipinski definition) is 5. The van der Waals surface area contributed by atoms with Crippen molar-refractivity contribution in [1.29, 1.82) is 0 Å². The summed E-state index contributed by atoms with van der Waals surface area (Å²) in [6.07, 6.45) is 5.95. The van der Waals surface area contributed by atoms with Crippen LogP contribution in [0.5, 0.6) is 0 Å². The third-order valence-electron chi connectivity index (χ3n) is 6.40. The van der Waals surface area contributed by atoms with Gasteiger partial charge in [-0.05, 0) is 48.2 Å². The minimum Gasteiger partial charge on any atom is -0.465 e. The Balaban J connectivity index is 1.49. The van der Waals surface area contributed by atoms with Gasteiger partial charge in [-0.15, -0.1) is 0 Å². The van der Waals surface area contributed by atoms with Crippen molar-refractivity contribution >= 4 is 33.9 Å². The Labute approximate surface area is 208 Å². The van der Waals surface area contributed by atoms with E-state index in [2.05, 4.69) is 38.8 Å². The van der Waals surface area contributed by atoms with Gasteiger partial charge < -0.3 is 14.2 Å². The molecule has 8 nitrogen and oxygen atoms in total. The maximum Gasteiger partial charge on any atom is 0.338 e. The van der Waals surface area contributed by atoms with Crippen molar-refractivity contribution in [1.82, 2.24) is 24.0 Å². The molecule has 0 spiro atoms. The van der Waals surface area contributed by atoms with E-state index in [1.807, 2.05) is 25.3 Å². The van der Waals surface area contributed by atoms with Gasteiger partial charge >= 0.3 is 12.0 Å². The summed E-state index contributed by atoms with van der Waals surface area (Å²) in [5.74, 6) is 0.515. The van der Waals surface area contributed by atoms with Gasteiger partial charge in [-0.1, -0.05) is 30.3 Å². The monoisotopic (exact) mass is 481 g/mol. The van der Waals surface area contributed by atoms with Gasteiger partial charge in [-0.25, -0.2) is 14.6 Å². The minimum absolute atomic E-state index is 0.179. The first-order valence-electron chi connectivity index (χ1n) is 11.6. The van der Waals surface area contributed by atoms with Gasteiger partial charge in [0.05, 0.1) is 29.9 Å². The number of aromatic nitrogens is 4. The summed E-state index contributed by atoms with van der Waals surface area (Å²) >= 11 is 0. The molecule has 5 rings (SSSR count). The van der Waals surface area contributed by atoms with E-state index in [4.69, 9.17) is 4.74 Å². The topological polar surface area (TPSA) is 82.2 Å². The summed E-state index contributed by atoms with van der Waals surface area (Å²) in [6.45, 7) is 2.70. The van der Waals surface area contributed by atoms with Crippen LogP contribution in [0.1, 0.15) is 32.9 Å². The van der Waals surface area contributed by atoms with Crippen molar-refractivity contribution in [3.8, 4) is 0 Å². The van der Waals surface area contributed by atoms with Crippen LogP contribution < -0.4 is 0 Å². The molecule has 1 amide bonds. The molecule has 0 bridgehead atoms. The number of amides is 1. The molecule has 2 aromatic carbocycles. The minimum atomic E-state index is -0.426. The standard InChI is InChI=1S/C28H27N5O3/c1-18-30-23-15-29-13-12-24(23)32(18)16-20-10-8-19(9-11-20)14-21-17-33(28(35)31(2)3)25-7-5-6-22(26(21)25)27(34)36-4/h5-13,15,17H,14,16H2,1-4H3. The summed E-state index contributed by atoms with van der Waals surface area (Å²) in [5, 5.41) is 0.734. The second kappa shape index (κ2) is 9.30. The summed E-state index contributed by atoms with van der Waals surface area (Å²) in [6, 6.07) is 15.5. The van der Waals surface area contributed by atoms with Crippen LogP contribution in [-0.2, 0) is 17.7 Å². The van der Waals surface area contributed by atoms with Crippen LogP contribution in [0.25, 0.3) is 21.9 Å². The average molecular weight is 482 g/mol. The van der Waals surface area contributed by atoms with Crippen LogP contribution in [0, 0.1) is 6.92 Å². The molecule has 0 radical (unpaired) electrons. The zero-order chi connectivity index (χ0) is 25.4. The molecule has 0 atom stereocenters. The summed E-state index contributed by atoms with van der Waals surface area (Å²) < 4.78 is 8.78. The predicted octanol–water partition coefficient (Wildman–Crippen LogP) is 4.65. The first-order valence-corrected chi connectivity index (χ1v) is 11.6.